The van der Waals surface area contributed by atoms with E-state index >= 15 is 0 Å². The predicted molar refractivity (Wildman–Crippen MR) is 84.2 cm³/mol. The number of hydrogen-bond acceptors (Lipinski definition) is 3. The van der Waals surface area contributed by atoms with Crippen LogP contribution in [0.4, 0.5) is 0 Å². The molecule has 0 fully saturated rings. The van der Waals surface area contributed by atoms with Crippen molar-refractivity contribution in [3.63, 3.8) is 0 Å². The minimum atomic E-state index is -1.28. The van der Waals surface area contributed by atoms with Crippen LogP contribution in [0.25, 0.3) is 6.08 Å². The molecule has 0 atom stereocenters. The molecule has 0 bridgehead atoms. The molecule has 0 heterocycles. The van der Waals surface area contributed by atoms with Crippen LogP contribution < -0.4 is 4.74 Å². The molecule has 1 rings (SSSR count). The van der Waals surface area contributed by atoms with Crippen LogP contribution >= 0.6 is 15.9 Å². The summed E-state index contributed by atoms with van der Waals surface area (Å²) in [7, 11) is 3.00. The molecule has 0 aliphatic rings. The first-order chi connectivity index (χ1) is 9.70. The molecule has 0 spiro atoms. The fourth-order valence-electron chi connectivity index (χ4n) is 1.53. The zero-order valence-electron chi connectivity index (χ0n) is 12.4. The lowest BCUT2D eigenvalue weighted by Gasteiger charge is -2.30. The summed E-state index contributed by atoms with van der Waals surface area (Å²) in [4.78, 5) is 24.4. The lowest BCUT2D eigenvalue weighted by Crippen LogP contribution is -2.50. The number of carboxylic acid groups (broad SMARTS) is 1. The first kappa shape index (κ1) is 17.2. The molecule has 21 heavy (non-hydrogen) atoms. The van der Waals surface area contributed by atoms with Gasteiger partial charge in [0, 0.05) is 23.2 Å². The standard InChI is InChI=1S/C15H18BrNO4/c1-15(2,14(19)20)17(3)13(18)8-5-10-9-11(16)6-7-12(10)21-4/h5-9H,1-4H3,(H,19,20). The Labute approximate surface area is 132 Å². The maximum absolute atomic E-state index is 12.1. The van der Waals surface area contributed by atoms with Gasteiger partial charge >= 0.3 is 5.97 Å². The van der Waals surface area contributed by atoms with Gasteiger partial charge in [0.25, 0.3) is 0 Å². The fourth-order valence-corrected chi connectivity index (χ4v) is 1.91. The minimum absolute atomic E-state index is 0.399. The Bertz CT molecular complexity index is 581. The van der Waals surface area contributed by atoms with Gasteiger partial charge in [-0.25, -0.2) is 4.79 Å². The highest BCUT2D eigenvalue weighted by atomic mass is 79.9. The van der Waals surface area contributed by atoms with Gasteiger partial charge in [0.1, 0.15) is 11.3 Å². The summed E-state index contributed by atoms with van der Waals surface area (Å²) in [5.41, 5.74) is -0.551. The van der Waals surface area contributed by atoms with Gasteiger partial charge in [0.2, 0.25) is 5.91 Å². The van der Waals surface area contributed by atoms with Crippen LogP contribution in [-0.2, 0) is 9.59 Å². The Morgan fingerprint density at radius 3 is 2.52 bits per heavy atom. The lowest BCUT2D eigenvalue weighted by molar-refractivity contribution is -0.153. The van der Waals surface area contributed by atoms with Crippen LogP contribution in [0.3, 0.4) is 0 Å². The van der Waals surface area contributed by atoms with Crippen molar-refractivity contribution < 1.29 is 19.4 Å². The first-order valence-corrected chi connectivity index (χ1v) is 7.02. The van der Waals surface area contributed by atoms with Crippen LogP contribution in [0.5, 0.6) is 5.75 Å². The number of rotatable bonds is 5. The Morgan fingerprint density at radius 1 is 1.38 bits per heavy atom. The molecule has 1 aromatic rings. The molecule has 0 aliphatic carbocycles. The van der Waals surface area contributed by atoms with E-state index in [-0.39, 0.29) is 0 Å². The number of methoxy groups -OCH3 is 1. The molecule has 5 nitrogen and oxygen atoms in total. The van der Waals surface area contributed by atoms with Gasteiger partial charge in [-0.05, 0) is 38.1 Å². The first-order valence-electron chi connectivity index (χ1n) is 6.23. The second-order valence-electron chi connectivity index (χ2n) is 4.98. The SMILES string of the molecule is COc1ccc(Br)cc1C=CC(=O)N(C)C(C)(C)C(=O)O. The van der Waals surface area contributed by atoms with Crippen molar-refractivity contribution in [3.8, 4) is 5.75 Å². The second-order valence-corrected chi connectivity index (χ2v) is 5.90. The van der Waals surface area contributed by atoms with Gasteiger partial charge in [-0.2, -0.15) is 0 Å². The normalized spacial score (nSPS) is 11.5. The van der Waals surface area contributed by atoms with Crippen LogP contribution in [0.15, 0.2) is 28.7 Å². The molecule has 1 aromatic carbocycles. The molecular weight excluding hydrogens is 338 g/mol. The third-order valence-electron chi connectivity index (χ3n) is 3.29. The highest BCUT2D eigenvalue weighted by molar-refractivity contribution is 9.10. The van der Waals surface area contributed by atoms with E-state index < -0.39 is 17.4 Å². The number of halogens is 1. The minimum Gasteiger partial charge on any atom is -0.496 e. The molecule has 0 aromatic heterocycles. The average molecular weight is 356 g/mol. The van der Waals surface area contributed by atoms with Crippen LogP contribution in [0.1, 0.15) is 19.4 Å². The summed E-state index contributed by atoms with van der Waals surface area (Å²) in [6.07, 6.45) is 2.93. The molecule has 0 radical (unpaired) electrons. The molecule has 0 saturated carbocycles. The maximum atomic E-state index is 12.1. The van der Waals surface area contributed by atoms with Crippen molar-refractivity contribution in [2.24, 2.45) is 0 Å². The molecule has 0 saturated heterocycles. The van der Waals surface area contributed by atoms with Gasteiger partial charge in [0.05, 0.1) is 7.11 Å². The summed E-state index contributed by atoms with van der Waals surface area (Å²) in [5.74, 6) is -0.835. The number of benzene rings is 1. The third kappa shape index (κ3) is 4.07. The van der Waals surface area contributed by atoms with Gasteiger partial charge in [-0.15, -0.1) is 0 Å². The highest BCUT2D eigenvalue weighted by Gasteiger charge is 2.34. The van der Waals surface area contributed by atoms with Gasteiger partial charge in [-0.3, -0.25) is 4.79 Å². The number of carbonyl (C=O) groups is 2. The van der Waals surface area contributed by atoms with E-state index in [0.717, 1.165) is 10.0 Å². The van der Waals surface area contributed by atoms with E-state index in [4.69, 9.17) is 9.84 Å². The van der Waals surface area contributed by atoms with Crippen molar-refractivity contribution in [2.75, 3.05) is 14.2 Å². The fraction of sp³-hybridized carbons (Fsp3) is 0.333. The lowest BCUT2D eigenvalue weighted by atomic mass is 10.0. The summed E-state index contributed by atoms with van der Waals surface area (Å²) in [6.45, 7) is 2.95. The molecule has 114 valence electrons. The number of likely N-dealkylation sites (N-methyl/N-ethyl adjacent to an activating group) is 1. The largest absolute Gasteiger partial charge is 0.496 e. The van der Waals surface area contributed by atoms with Crippen LogP contribution in [0.2, 0.25) is 0 Å². The second kappa shape index (κ2) is 6.76. The zero-order valence-corrected chi connectivity index (χ0v) is 14.0. The van der Waals surface area contributed by atoms with Crippen molar-refractivity contribution in [3.05, 3.63) is 34.3 Å². The van der Waals surface area contributed by atoms with Gasteiger partial charge in [-0.1, -0.05) is 15.9 Å². The monoisotopic (exact) mass is 355 g/mol. The Hall–Kier alpha value is -1.82. The van der Waals surface area contributed by atoms with Crippen molar-refractivity contribution in [1.82, 2.24) is 4.90 Å². The van der Waals surface area contributed by atoms with E-state index in [0.29, 0.717) is 5.75 Å². The maximum Gasteiger partial charge on any atom is 0.329 e. The van der Waals surface area contributed by atoms with Crippen molar-refractivity contribution in [2.45, 2.75) is 19.4 Å². The number of nitrogens with zero attached hydrogens (tertiary/aromatic N) is 1. The number of aliphatic carboxylic acids is 1. The van der Waals surface area contributed by atoms with Crippen LogP contribution in [0, 0.1) is 0 Å². The number of carbonyl (C=O) groups excluding carboxylic acids is 1. The highest BCUT2D eigenvalue weighted by Crippen LogP contribution is 2.24. The Balaban J connectivity index is 2.98. The summed E-state index contributed by atoms with van der Waals surface area (Å²) < 4.78 is 6.06. The number of ether oxygens (including phenoxy) is 1. The molecule has 0 unspecified atom stereocenters. The van der Waals surface area contributed by atoms with E-state index in [9.17, 15) is 9.59 Å². The number of hydrogen-bond donors (Lipinski definition) is 1. The molecule has 0 aliphatic heterocycles. The quantitative estimate of drug-likeness (QED) is 0.824. The molecule has 6 heteroatoms. The molecular formula is C15H18BrNO4. The van der Waals surface area contributed by atoms with Gasteiger partial charge < -0.3 is 14.7 Å². The smallest absolute Gasteiger partial charge is 0.329 e. The Kier molecular flexibility index (Phi) is 5.54. The molecule has 1 N–H and O–H groups in total. The Morgan fingerprint density at radius 2 is 2.00 bits per heavy atom. The van der Waals surface area contributed by atoms with Crippen LogP contribution in [-0.4, -0.2) is 41.6 Å². The van der Waals surface area contributed by atoms with E-state index in [1.807, 2.05) is 12.1 Å². The van der Waals surface area contributed by atoms with E-state index in [2.05, 4.69) is 15.9 Å². The summed E-state index contributed by atoms with van der Waals surface area (Å²) >= 11 is 3.35. The summed E-state index contributed by atoms with van der Waals surface area (Å²) in [5, 5.41) is 9.12. The zero-order chi connectivity index (χ0) is 16.2. The molecule has 1 amide bonds. The van der Waals surface area contributed by atoms with Crippen molar-refractivity contribution >= 4 is 33.9 Å². The van der Waals surface area contributed by atoms with Gasteiger partial charge in [0.15, 0.2) is 0 Å². The number of amides is 1. The predicted octanol–water partition coefficient (Wildman–Crippen LogP) is 2.79. The third-order valence-corrected chi connectivity index (χ3v) is 3.78. The van der Waals surface area contributed by atoms with E-state index in [1.165, 1.54) is 31.9 Å². The topological polar surface area (TPSA) is 66.8 Å². The summed E-state index contributed by atoms with van der Waals surface area (Å²) in [6, 6.07) is 5.42. The van der Waals surface area contributed by atoms with Crippen molar-refractivity contribution in [1.29, 1.82) is 0 Å². The number of carboxylic acids is 1. The average Bonchev–Trinajstić information content (AvgIpc) is 2.43. The van der Waals surface area contributed by atoms with E-state index in [1.54, 1.807) is 19.3 Å².